The van der Waals surface area contributed by atoms with Crippen LogP contribution in [0.25, 0.3) is 11.1 Å². The Labute approximate surface area is 82.1 Å². The molecule has 0 bridgehead atoms. The summed E-state index contributed by atoms with van der Waals surface area (Å²) < 4.78 is 0. The van der Waals surface area contributed by atoms with Gasteiger partial charge in [-0.2, -0.15) is 0 Å². The highest BCUT2D eigenvalue weighted by Crippen LogP contribution is 2.17. The van der Waals surface area contributed by atoms with E-state index in [0.717, 1.165) is 16.7 Å². The highest BCUT2D eigenvalue weighted by atomic mass is 16.3. The van der Waals surface area contributed by atoms with Crippen molar-refractivity contribution in [2.75, 3.05) is 0 Å². The second kappa shape index (κ2) is 3.98. The molecule has 0 radical (unpaired) electrons. The number of aliphatic hydroxyl groups excluding tert-OH is 1. The van der Waals surface area contributed by atoms with Crippen molar-refractivity contribution < 1.29 is 5.11 Å². The summed E-state index contributed by atoms with van der Waals surface area (Å²) in [4.78, 5) is 8.00. The van der Waals surface area contributed by atoms with Gasteiger partial charge in [0.1, 0.15) is 0 Å². The third-order valence-electron chi connectivity index (χ3n) is 1.99. The van der Waals surface area contributed by atoms with Crippen molar-refractivity contribution >= 4 is 0 Å². The van der Waals surface area contributed by atoms with E-state index in [9.17, 15) is 0 Å². The van der Waals surface area contributed by atoms with Crippen molar-refractivity contribution in [2.24, 2.45) is 0 Å². The summed E-state index contributed by atoms with van der Waals surface area (Å²) in [6.07, 6.45) is 6.90. The summed E-state index contributed by atoms with van der Waals surface area (Å²) in [5.74, 6) is 0. The van der Waals surface area contributed by atoms with E-state index in [0.29, 0.717) is 0 Å². The van der Waals surface area contributed by atoms with E-state index in [4.69, 9.17) is 5.11 Å². The fourth-order valence-electron chi connectivity index (χ4n) is 1.28. The molecule has 0 aliphatic heterocycles. The fraction of sp³-hybridized carbons (Fsp3) is 0.0909. The lowest BCUT2D eigenvalue weighted by atomic mass is 10.1. The van der Waals surface area contributed by atoms with Gasteiger partial charge in [0.15, 0.2) is 0 Å². The van der Waals surface area contributed by atoms with E-state index in [1.807, 2.05) is 18.2 Å². The Morgan fingerprint density at radius 2 is 1.79 bits per heavy atom. The van der Waals surface area contributed by atoms with E-state index in [1.165, 1.54) is 0 Å². The maximum absolute atomic E-state index is 8.96. The first-order valence-corrected chi connectivity index (χ1v) is 4.35. The van der Waals surface area contributed by atoms with Gasteiger partial charge < -0.3 is 5.11 Å². The van der Waals surface area contributed by atoms with E-state index in [-0.39, 0.29) is 6.61 Å². The van der Waals surface area contributed by atoms with E-state index in [1.54, 1.807) is 24.8 Å². The van der Waals surface area contributed by atoms with E-state index in [2.05, 4.69) is 9.97 Å². The smallest absolute Gasteiger partial charge is 0.0697 e. The number of hydrogen-bond donors (Lipinski definition) is 1. The Morgan fingerprint density at radius 3 is 2.50 bits per heavy atom. The zero-order valence-corrected chi connectivity index (χ0v) is 7.59. The van der Waals surface area contributed by atoms with Crippen LogP contribution in [0.5, 0.6) is 0 Å². The minimum atomic E-state index is 0.0198. The molecule has 3 nitrogen and oxygen atoms in total. The molecule has 0 spiro atoms. The fourth-order valence-corrected chi connectivity index (χ4v) is 1.28. The first kappa shape index (κ1) is 8.84. The largest absolute Gasteiger partial charge is 0.392 e. The molecule has 0 aromatic carbocycles. The summed E-state index contributed by atoms with van der Waals surface area (Å²) >= 11 is 0. The summed E-state index contributed by atoms with van der Waals surface area (Å²) in [6.45, 7) is 0.0198. The number of hydrogen-bond acceptors (Lipinski definition) is 3. The molecule has 0 aliphatic carbocycles. The zero-order chi connectivity index (χ0) is 9.80. The predicted octanol–water partition coefficient (Wildman–Crippen LogP) is 1.64. The average Bonchev–Trinajstić information content (AvgIpc) is 2.30. The molecule has 2 aromatic rings. The molecule has 0 fully saturated rings. The Kier molecular flexibility index (Phi) is 2.51. The Balaban J connectivity index is 2.42. The lowest BCUT2D eigenvalue weighted by molar-refractivity contribution is 0.281. The van der Waals surface area contributed by atoms with E-state index >= 15 is 0 Å². The molecule has 0 unspecified atom stereocenters. The van der Waals surface area contributed by atoms with Gasteiger partial charge in [0.25, 0.3) is 0 Å². The lowest BCUT2D eigenvalue weighted by Gasteiger charge is -2.01. The van der Waals surface area contributed by atoms with Gasteiger partial charge in [-0.25, -0.2) is 0 Å². The van der Waals surface area contributed by atoms with Crippen LogP contribution in [0.4, 0.5) is 0 Å². The molecule has 0 amide bonds. The first-order valence-electron chi connectivity index (χ1n) is 4.35. The van der Waals surface area contributed by atoms with Crippen LogP contribution in [-0.2, 0) is 6.61 Å². The molecular weight excluding hydrogens is 176 g/mol. The number of nitrogens with zero attached hydrogens (tertiary/aromatic N) is 2. The SMILES string of the molecule is OCc1cncc(-c2ccncc2)c1. The molecule has 0 atom stereocenters. The van der Waals surface area contributed by atoms with Crippen molar-refractivity contribution in [1.29, 1.82) is 0 Å². The minimum absolute atomic E-state index is 0.0198. The number of aromatic nitrogens is 2. The van der Waals surface area contributed by atoms with Crippen LogP contribution in [0.1, 0.15) is 5.56 Å². The molecule has 0 aliphatic rings. The molecule has 3 heteroatoms. The quantitative estimate of drug-likeness (QED) is 0.775. The Bertz CT molecular complexity index is 415. The number of aliphatic hydroxyl groups is 1. The van der Waals surface area contributed by atoms with E-state index < -0.39 is 0 Å². The molecule has 70 valence electrons. The summed E-state index contributed by atoms with van der Waals surface area (Å²) in [7, 11) is 0. The maximum Gasteiger partial charge on any atom is 0.0697 e. The van der Waals surface area contributed by atoms with Gasteiger partial charge in [-0.1, -0.05) is 0 Å². The minimum Gasteiger partial charge on any atom is -0.392 e. The first-order chi connectivity index (χ1) is 6.90. The zero-order valence-electron chi connectivity index (χ0n) is 7.59. The number of pyridine rings is 2. The van der Waals surface area contributed by atoms with Crippen LogP contribution in [-0.4, -0.2) is 15.1 Å². The van der Waals surface area contributed by atoms with Crippen LogP contribution in [0.3, 0.4) is 0 Å². The van der Waals surface area contributed by atoms with Crippen LogP contribution in [0.2, 0.25) is 0 Å². The van der Waals surface area contributed by atoms with Gasteiger partial charge in [0, 0.05) is 30.4 Å². The van der Waals surface area contributed by atoms with Crippen LogP contribution >= 0.6 is 0 Å². The summed E-state index contributed by atoms with van der Waals surface area (Å²) in [5, 5.41) is 8.96. The van der Waals surface area contributed by atoms with Crippen molar-refractivity contribution in [3.8, 4) is 11.1 Å². The van der Waals surface area contributed by atoms with Gasteiger partial charge in [-0.3, -0.25) is 9.97 Å². The molecule has 2 rings (SSSR count). The predicted molar refractivity (Wildman–Crippen MR) is 53.4 cm³/mol. The van der Waals surface area contributed by atoms with Gasteiger partial charge in [-0.15, -0.1) is 0 Å². The number of rotatable bonds is 2. The highest BCUT2D eigenvalue weighted by molar-refractivity contribution is 5.62. The molecule has 14 heavy (non-hydrogen) atoms. The third-order valence-corrected chi connectivity index (χ3v) is 1.99. The molecular formula is C11H10N2O. The topological polar surface area (TPSA) is 46.0 Å². The standard InChI is InChI=1S/C11H10N2O/c14-8-9-5-11(7-13-6-9)10-1-3-12-4-2-10/h1-7,14H,8H2. The second-order valence-electron chi connectivity index (χ2n) is 2.98. The summed E-state index contributed by atoms with van der Waals surface area (Å²) in [5.41, 5.74) is 2.88. The Morgan fingerprint density at radius 1 is 1.00 bits per heavy atom. The van der Waals surface area contributed by atoms with Crippen molar-refractivity contribution in [2.45, 2.75) is 6.61 Å². The molecule has 2 heterocycles. The monoisotopic (exact) mass is 186 g/mol. The van der Waals surface area contributed by atoms with Crippen molar-refractivity contribution in [1.82, 2.24) is 9.97 Å². The van der Waals surface area contributed by atoms with Crippen molar-refractivity contribution in [3.63, 3.8) is 0 Å². The summed E-state index contributed by atoms with van der Waals surface area (Å²) in [6, 6.07) is 5.75. The van der Waals surface area contributed by atoms with Crippen molar-refractivity contribution in [3.05, 3.63) is 48.5 Å². The molecule has 0 saturated heterocycles. The molecule has 2 aromatic heterocycles. The molecule has 0 saturated carbocycles. The maximum atomic E-state index is 8.96. The normalized spacial score (nSPS) is 10.1. The second-order valence-corrected chi connectivity index (χ2v) is 2.98. The van der Waals surface area contributed by atoms with Crippen LogP contribution in [0, 0.1) is 0 Å². The lowest BCUT2D eigenvalue weighted by Crippen LogP contribution is -1.87. The van der Waals surface area contributed by atoms with Gasteiger partial charge >= 0.3 is 0 Å². The van der Waals surface area contributed by atoms with Gasteiger partial charge in [-0.05, 0) is 29.3 Å². The third kappa shape index (κ3) is 1.78. The van der Waals surface area contributed by atoms with Crippen LogP contribution in [0.15, 0.2) is 43.0 Å². The van der Waals surface area contributed by atoms with Gasteiger partial charge in [0.2, 0.25) is 0 Å². The molecule has 1 N–H and O–H groups in total. The van der Waals surface area contributed by atoms with Crippen LogP contribution < -0.4 is 0 Å². The highest BCUT2D eigenvalue weighted by Gasteiger charge is 1.98. The average molecular weight is 186 g/mol. The van der Waals surface area contributed by atoms with Gasteiger partial charge in [0.05, 0.1) is 6.61 Å². The Hall–Kier alpha value is -1.74.